The van der Waals surface area contributed by atoms with Crippen molar-refractivity contribution in [2.45, 2.75) is 13.3 Å². The maximum Gasteiger partial charge on any atom is 0.150 e. The molecule has 64 valence electrons. The molecule has 0 amide bonds. The Hall–Kier alpha value is -1.51. The summed E-state index contributed by atoms with van der Waals surface area (Å²) in [6, 6.07) is 7.84. The Morgan fingerprint density at radius 1 is 1.42 bits per heavy atom. The van der Waals surface area contributed by atoms with E-state index in [9.17, 15) is 0 Å². The molecule has 0 saturated heterocycles. The van der Waals surface area contributed by atoms with E-state index in [1.807, 2.05) is 24.3 Å². The average molecular weight is 163 g/mol. The Labute approximate surface area is 72.1 Å². The Morgan fingerprint density at radius 2 is 2.08 bits per heavy atom. The predicted octanol–water partition coefficient (Wildman–Crippen LogP) is 0.828. The molecule has 12 heavy (non-hydrogen) atoms. The SMILES string of the molecule is CCc1ccccc1/C(N)=N\N. The molecular weight excluding hydrogens is 150 g/mol. The van der Waals surface area contributed by atoms with Crippen LogP contribution in [0.25, 0.3) is 0 Å². The van der Waals surface area contributed by atoms with Gasteiger partial charge in [0, 0.05) is 5.56 Å². The molecule has 0 aromatic heterocycles. The van der Waals surface area contributed by atoms with Crippen molar-refractivity contribution in [1.29, 1.82) is 0 Å². The van der Waals surface area contributed by atoms with E-state index in [0.29, 0.717) is 5.84 Å². The van der Waals surface area contributed by atoms with E-state index in [-0.39, 0.29) is 0 Å². The van der Waals surface area contributed by atoms with Crippen LogP contribution >= 0.6 is 0 Å². The largest absolute Gasteiger partial charge is 0.382 e. The minimum atomic E-state index is 0.396. The normalized spacial score (nSPS) is 11.6. The summed E-state index contributed by atoms with van der Waals surface area (Å²) in [5.41, 5.74) is 7.70. The molecule has 1 aromatic carbocycles. The number of nitrogens with zero attached hydrogens (tertiary/aromatic N) is 1. The first-order chi connectivity index (χ1) is 5.79. The van der Waals surface area contributed by atoms with Crippen LogP contribution in [0.1, 0.15) is 18.1 Å². The molecule has 1 rings (SSSR count). The highest BCUT2D eigenvalue weighted by atomic mass is 15.2. The molecule has 0 aliphatic heterocycles. The average Bonchev–Trinajstić information content (AvgIpc) is 2.16. The van der Waals surface area contributed by atoms with Crippen LogP contribution in [-0.4, -0.2) is 5.84 Å². The molecule has 0 fully saturated rings. The molecule has 3 heteroatoms. The van der Waals surface area contributed by atoms with Crippen molar-refractivity contribution in [3.63, 3.8) is 0 Å². The number of hydrazone groups is 1. The molecular formula is C9H13N3. The molecule has 0 bridgehead atoms. The fraction of sp³-hybridized carbons (Fsp3) is 0.222. The highest BCUT2D eigenvalue weighted by Crippen LogP contribution is 2.08. The molecule has 0 aliphatic rings. The second kappa shape index (κ2) is 3.76. The number of amidine groups is 1. The highest BCUT2D eigenvalue weighted by molar-refractivity contribution is 5.98. The van der Waals surface area contributed by atoms with Crippen molar-refractivity contribution in [3.8, 4) is 0 Å². The third kappa shape index (κ3) is 1.56. The van der Waals surface area contributed by atoms with E-state index < -0.39 is 0 Å². The van der Waals surface area contributed by atoms with Crippen molar-refractivity contribution < 1.29 is 0 Å². The van der Waals surface area contributed by atoms with E-state index >= 15 is 0 Å². The lowest BCUT2D eigenvalue weighted by atomic mass is 10.1. The molecule has 0 radical (unpaired) electrons. The van der Waals surface area contributed by atoms with Gasteiger partial charge in [0.15, 0.2) is 5.84 Å². The van der Waals surface area contributed by atoms with Crippen LogP contribution in [0.2, 0.25) is 0 Å². The summed E-state index contributed by atoms with van der Waals surface area (Å²) in [6.07, 6.45) is 0.937. The van der Waals surface area contributed by atoms with E-state index in [1.54, 1.807) is 0 Å². The zero-order chi connectivity index (χ0) is 8.97. The smallest absolute Gasteiger partial charge is 0.150 e. The van der Waals surface area contributed by atoms with Gasteiger partial charge in [0.05, 0.1) is 0 Å². The van der Waals surface area contributed by atoms with Gasteiger partial charge >= 0.3 is 0 Å². The van der Waals surface area contributed by atoms with Gasteiger partial charge in [-0.05, 0) is 12.0 Å². The highest BCUT2D eigenvalue weighted by Gasteiger charge is 2.02. The minimum absolute atomic E-state index is 0.396. The summed E-state index contributed by atoms with van der Waals surface area (Å²) in [5.74, 6) is 5.49. The van der Waals surface area contributed by atoms with Crippen LogP contribution in [0, 0.1) is 0 Å². The van der Waals surface area contributed by atoms with Crippen LogP contribution in [0.15, 0.2) is 29.4 Å². The molecule has 4 N–H and O–H groups in total. The zero-order valence-electron chi connectivity index (χ0n) is 7.12. The van der Waals surface area contributed by atoms with E-state index in [0.717, 1.165) is 12.0 Å². The van der Waals surface area contributed by atoms with Crippen molar-refractivity contribution in [1.82, 2.24) is 0 Å². The topological polar surface area (TPSA) is 64.4 Å². The lowest BCUT2D eigenvalue weighted by molar-refractivity contribution is 1.12. The number of benzene rings is 1. The zero-order valence-corrected chi connectivity index (χ0v) is 7.12. The van der Waals surface area contributed by atoms with Gasteiger partial charge in [-0.25, -0.2) is 0 Å². The number of hydrogen-bond donors (Lipinski definition) is 2. The van der Waals surface area contributed by atoms with Crippen LogP contribution in [0.3, 0.4) is 0 Å². The molecule has 0 aliphatic carbocycles. The third-order valence-electron chi connectivity index (χ3n) is 1.81. The second-order valence-corrected chi connectivity index (χ2v) is 2.53. The van der Waals surface area contributed by atoms with E-state index in [4.69, 9.17) is 11.6 Å². The van der Waals surface area contributed by atoms with Gasteiger partial charge in [-0.3, -0.25) is 0 Å². The first-order valence-corrected chi connectivity index (χ1v) is 3.91. The monoisotopic (exact) mass is 163 g/mol. The van der Waals surface area contributed by atoms with Crippen LogP contribution in [0.5, 0.6) is 0 Å². The van der Waals surface area contributed by atoms with Crippen molar-refractivity contribution in [3.05, 3.63) is 35.4 Å². The molecule has 0 saturated carbocycles. The van der Waals surface area contributed by atoms with Crippen LogP contribution in [-0.2, 0) is 6.42 Å². The van der Waals surface area contributed by atoms with Gasteiger partial charge in [0.25, 0.3) is 0 Å². The fourth-order valence-corrected chi connectivity index (χ4v) is 1.15. The van der Waals surface area contributed by atoms with Gasteiger partial charge in [0.2, 0.25) is 0 Å². The third-order valence-corrected chi connectivity index (χ3v) is 1.81. The summed E-state index contributed by atoms with van der Waals surface area (Å²) in [7, 11) is 0. The van der Waals surface area contributed by atoms with Crippen LogP contribution in [0.4, 0.5) is 0 Å². The standard InChI is InChI=1S/C9H13N3/c1-2-7-5-3-4-6-8(7)9(10)12-11/h3-6H,2,11H2,1H3,(H2,10,12). The molecule has 0 unspecified atom stereocenters. The Bertz CT molecular complexity index is 292. The molecule has 0 heterocycles. The minimum Gasteiger partial charge on any atom is -0.382 e. The first kappa shape index (κ1) is 8.59. The van der Waals surface area contributed by atoms with Crippen LogP contribution < -0.4 is 11.6 Å². The Kier molecular flexibility index (Phi) is 2.69. The van der Waals surface area contributed by atoms with E-state index in [1.165, 1.54) is 5.56 Å². The Morgan fingerprint density at radius 3 is 2.67 bits per heavy atom. The number of hydrogen-bond acceptors (Lipinski definition) is 2. The summed E-state index contributed by atoms with van der Waals surface area (Å²) in [6.45, 7) is 2.07. The summed E-state index contributed by atoms with van der Waals surface area (Å²) >= 11 is 0. The quantitative estimate of drug-likeness (QED) is 0.293. The molecule has 3 nitrogen and oxygen atoms in total. The van der Waals surface area contributed by atoms with Gasteiger partial charge in [-0.1, -0.05) is 31.2 Å². The van der Waals surface area contributed by atoms with Gasteiger partial charge in [-0.2, -0.15) is 5.10 Å². The molecule has 1 aromatic rings. The van der Waals surface area contributed by atoms with Gasteiger partial charge in [-0.15, -0.1) is 0 Å². The summed E-state index contributed by atoms with van der Waals surface area (Å²) in [5, 5.41) is 3.46. The number of rotatable bonds is 2. The maximum absolute atomic E-state index is 5.60. The summed E-state index contributed by atoms with van der Waals surface area (Å²) < 4.78 is 0. The second-order valence-electron chi connectivity index (χ2n) is 2.53. The van der Waals surface area contributed by atoms with Gasteiger partial charge < -0.3 is 11.6 Å². The van der Waals surface area contributed by atoms with Crippen molar-refractivity contribution >= 4 is 5.84 Å². The lowest BCUT2D eigenvalue weighted by Gasteiger charge is -2.04. The molecule has 0 spiro atoms. The predicted molar refractivity (Wildman–Crippen MR) is 50.7 cm³/mol. The van der Waals surface area contributed by atoms with Gasteiger partial charge in [0.1, 0.15) is 0 Å². The number of nitrogens with two attached hydrogens (primary N) is 2. The Balaban J connectivity index is 3.13. The van der Waals surface area contributed by atoms with Crippen molar-refractivity contribution in [2.75, 3.05) is 0 Å². The lowest BCUT2D eigenvalue weighted by Crippen LogP contribution is -2.17. The van der Waals surface area contributed by atoms with E-state index in [2.05, 4.69) is 12.0 Å². The van der Waals surface area contributed by atoms with Crippen molar-refractivity contribution in [2.24, 2.45) is 16.7 Å². The number of aryl methyl sites for hydroxylation is 1. The maximum atomic E-state index is 5.60. The fourth-order valence-electron chi connectivity index (χ4n) is 1.15. The summed E-state index contributed by atoms with van der Waals surface area (Å²) in [4.78, 5) is 0. The molecule has 0 atom stereocenters. The first-order valence-electron chi connectivity index (χ1n) is 3.91.